The Kier molecular flexibility index (Phi) is 4.89. The number of hydrogen-bond acceptors (Lipinski definition) is 4. The minimum Gasteiger partial charge on any atom is -0.493 e. The predicted octanol–water partition coefficient (Wildman–Crippen LogP) is 4.53. The van der Waals surface area contributed by atoms with Gasteiger partial charge in [0.2, 0.25) is 0 Å². The summed E-state index contributed by atoms with van der Waals surface area (Å²) in [5, 5.41) is 7.15. The zero-order chi connectivity index (χ0) is 19.5. The maximum atomic E-state index is 12.9. The van der Waals surface area contributed by atoms with Gasteiger partial charge >= 0.3 is 0 Å². The zero-order valence-corrected chi connectivity index (χ0v) is 15.9. The largest absolute Gasteiger partial charge is 0.493 e. The Balaban J connectivity index is 1.87. The van der Waals surface area contributed by atoms with E-state index in [0.717, 1.165) is 28.5 Å². The first-order valence-electron chi connectivity index (χ1n) is 9.36. The molecule has 5 nitrogen and oxygen atoms in total. The summed E-state index contributed by atoms with van der Waals surface area (Å²) in [6.07, 6.45) is 2.61. The number of rotatable bonds is 5. The van der Waals surface area contributed by atoms with Crippen LogP contribution in [0.5, 0.6) is 5.75 Å². The SMILES string of the molecule is CCCOc1ccc2ccccc2c1C=Nn1c(C)nc2ccccc2c1=O. The highest BCUT2D eigenvalue weighted by atomic mass is 16.5. The minimum absolute atomic E-state index is 0.185. The van der Waals surface area contributed by atoms with Gasteiger partial charge in [0.25, 0.3) is 5.56 Å². The molecule has 0 amide bonds. The van der Waals surface area contributed by atoms with Crippen molar-refractivity contribution in [2.45, 2.75) is 20.3 Å². The molecule has 0 spiro atoms. The molecule has 1 aromatic heterocycles. The van der Waals surface area contributed by atoms with Crippen LogP contribution in [0.3, 0.4) is 0 Å². The van der Waals surface area contributed by atoms with E-state index in [9.17, 15) is 4.79 Å². The van der Waals surface area contributed by atoms with Crippen LogP contribution in [-0.4, -0.2) is 22.5 Å². The molecule has 0 N–H and O–H groups in total. The monoisotopic (exact) mass is 371 g/mol. The molecule has 0 atom stereocenters. The first kappa shape index (κ1) is 17.9. The number of aromatic nitrogens is 2. The predicted molar refractivity (Wildman–Crippen MR) is 113 cm³/mol. The fraction of sp³-hybridized carbons (Fsp3) is 0.174. The Morgan fingerprint density at radius 1 is 1.04 bits per heavy atom. The number of nitrogens with zero attached hydrogens (tertiary/aromatic N) is 3. The lowest BCUT2D eigenvalue weighted by Gasteiger charge is -2.11. The zero-order valence-electron chi connectivity index (χ0n) is 15.9. The first-order valence-corrected chi connectivity index (χ1v) is 9.36. The smallest absolute Gasteiger partial charge is 0.282 e. The number of hydrogen-bond donors (Lipinski definition) is 0. The van der Waals surface area contributed by atoms with Crippen LogP contribution < -0.4 is 10.3 Å². The first-order chi connectivity index (χ1) is 13.7. The van der Waals surface area contributed by atoms with Crippen molar-refractivity contribution in [3.05, 3.63) is 82.4 Å². The molecule has 28 heavy (non-hydrogen) atoms. The van der Waals surface area contributed by atoms with E-state index in [1.807, 2.05) is 54.6 Å². The van der Waals surface area contributed by atoms with Gasteiger partial charge in [0, 0.05) is 5.56 Å². The third-order valence-corrected chi connectivity index (χ3v) is 4.61. The Morgan fingerprint density at radius 3 is 2.61 bits per heavy atom. The van der Waals surface area contributed by atoms with Gasteiger partial charge < -0.3 is 4.74 Å². The van der Waals surface area contributed by atoms with Gasteiger partial charge in [0.1, 0.15) is 11.6 Å². The van der Waals surface area contributed by atoms with Gasteiger partial charge in [-0.1, -0.05) is 49.4 Å². The second-order valence-corrected chi connectivity index (χ2v) is 6.58. The lowest BCUT2D eigenvalue weighted by molar-refractivity contribution is 0.317. The normalized spacial score (nSPS) is 11.5. The Bertz CT molecular complexity index is 1240. The average molecular weight is 371 g/mol. The fourth-order valence-corrected chi connectivity index (χ4v) is 3.23. The molecule has 5 heteroatoms. The van der Waals surface area contributed by atoms with Crippen LogP contribution in [-0.2, 0) is 0 Å². The number of fused-ring (bicyclic) bond motifs is 2. The highest BCUT2D eigenvalue weighted by molar-refractivity contribution is 6.02. The number of aryl methyl sites for hydroxylation is 1. The van der Waals surface area contributed by atoms with Crippen molar-refractivity contribution >= 4 is 27.9 Å². The van der Waals surface area contributed by atoms with Gasteiger partial charge in [0.15, 0.2) is 0 Å². The molecular formula is C23H21N3O2. The van der Waals surface area contributed by atoms with Crippen LogP contribution in [0.25, 0.3) is 21.7 Å². The molecule has 4 rings (SSSR count). The van der Waals surface area contributed by atoms with Gasteiger partial charge in [0.05, 0.1) is 23.7 Å². The van der Waals surface area contributed by atoms with E-state index in [1.54, 1.807) is 19.2 Å². The van der Waals surface area contributed by atoms with Crippen molar-refractivity contribution in [2.75, 3.05) is 6.61 Å². The Hall–Kier alpha value is -3.47. The number of benzene rings is 3. The summed E-state index contributed by atoms with van der Waals surface area (Å²) < 4.78 is 7.26. The van der Waals surface area contributed by atoms with Crippen LogP contribution in [0, 0.1) is 6.92 Å². The van der Waals surface area contributed by atoms with E-state index in [0.29, 0.717) is 23.3 Å². The molecule has 3 aromatic carbocycles. The molecular weight excluding hydrogens is 350 g/mol. The van der Waals surface area contributed by atoms with Crippen LogP contribution >= 0.6 is 0 Å². The molecule has 0 saturated heterocycles. The van der Waals surface area contributed by atoms with Crippen molar-refractivity contribution in [3.8, 4) is 5.75 Å². The highest BCUT2D eigenvalue weighted by Crippen LogP contribution is 2.27. The Morgan fingerprint density at radius 2 is 1.79 bits per heavy atom. The van der Waals surface area contributed by atoms with E-state index in [1.165, 1.54) is 4.68 Å². The standard InChI is InChI=1S/C23H21N3O2/c1-3-14-28-22-13-12-17-8-4-5-9-18(17)20(22)15-24-26-16(2)25-21-11-7-6-10-19(21)23(26)27/h4-13,15H,3,14H2,1-2H3. The Labute approximate surface area is 162 Å². The molecule has 0 aliphatic heterocycles. The van der Waals surface area contributed by atoms with Crippen molar-refractivity contribution in [1.82, 2.24) is 9.66 Å². The maximum Gasteiger partial charge on any atom is 0.282 e. The third-order valence-electron chi connectivity index (χ3n) is 4.61. The highest BCUT2D eigenvalue weighted by Gasteiger charge is 2.09. The van der Waals surface area contributed by atoms with E-state index in [2.05, 4.69) is 17.0 Å². The second-order valence-electron chi connectivity index (χ2n) is 6.58. The van der Waals surface area contributed by atoms with Crippen molar-refractivity contribution < 1.29 is 4.74 Å². The van der Waals surface area contributed by atoms with E-state index < -0.39 is 0 Å². The summed E-state index contributed by atoms with van der Waals surface area (Å²) in [7, 11) is 0. The minimum atomic E-state index is -0.185. The summed E-state index contributed by atoms with van der Waals surface area (Å²) in [4.78, 5) is 17.4. The number of ether oxygens (including phenoxy) is 1. The van der Waals surface area contributed by atoms with Crippen LogP contribution in [0.4, 0.5) is 0 Å². The molecule has 0 aliphatic carbocycles. The molecule has 0 saturated carbocycles. The van der Waals surface area contributed by atoms with Gasteiger partial charge in [-0.15, -0.1) is 0 Å². The lowest BCUT2D eigenvalue weighted by Crippen LogP contribution is -2.20. The molecule has 4 aromatic rings. The molecule has 0 radical (unpaired) electrons. The molecule has 1 heterocycles. The topological polar surface area (TPSA) is 56.5 Å². The third kappa shape index (κ3) is 3.27. The summed E-state index contributed by atoms with van der Waals surface area (Å²) in [6, 6.07) is 19.3. The van der Waals surface area contributed by atoms with E-state index in [-0.39, 0.29) is 5.56 Å². The van der Waals surface area contributed by atoms with Crippen molar-refractivity contribution in [1.29, 1.82) is 0 Å². The van der Waals surface area contributed by atoms with E-state index in [4.69, 9.17) is 4.74 Å². The molecule has 0 fully saturated rings. The van der Waals surface area contributed by atoms with Gasteiger partial charge in [-0.2, -0.15) is 9.78 Å². The summed E-state index contributed by atoms with van der Waals surface area (Å²) in [5.41, 5.74) is 1.34. The van der Waals surface area contributed by atoms with Crippen LogP contribution in [0.2, 0.25) is 0 Å². The molecule has 0 aliphatic rings. The maximum absolute atomic E-state index is 12.9. The molecule has 0 bridgehead atoms. The lowest BCUT2D eigenvalue weighted by atomic mass is 10.0. The van der Waals surface area contributed by atoms with Gasteiger partial charge in [-0.25, -0.2) is 4.98 Å². The van der Waals surface area contributed by atoms with Crippen LogP contribution in [0.1, 0.15) is 24.7 Å². The van der Waals surface area contributed by atoms with E-state index >= 15 is 0 Å². The fourth-order valence-electron chi connectivity index (χ4n) is 3.23. The summed E-state index contributed by atoms with van der Waals surface area (Å²) in [6.45, 7) is 4.47. The molecule has 0 unspecified atom stereocenters. The van der Waals surface area contributed by atoms with Gasteiger partial charge in [-0.05, 0) is 42.3 Å². The molecule has 140 valence electrons. The average Bonchev–Trinajstić information content (AvgIpc) is 2.72. The second kappa shape index (κ2) is 7.64. The van der Waals surface area contributed by atoms with Crippen LogP contribution in [0.15, 0.2) is 70.6 Å². The summed E-state index contributed by atoms with van der Waals surface area (Å²) >= 11 is 0. The summed E-state index contributed by atoms with van der Waals surface area (Å²) in [5.74, 6) is 1.29. The van der Waals surface area contributed by atoms with Crippen molar-refractivity contribution in [3.63, 3.8) is 0 Å². The van der Waals surface area contributed by atoms with Gasteiger partial charge in [-0.3, -0.25) is 4.79 Å². The van der Waals surface area contributed by atoms with Crippen molar-refractivity contribution in [2.24, 2.45) is 5.10 Å². The quantitative estimate of drug-likeness (QED) is 0.484. The number of para-hydroxylation sites is 1.